The number of hydrogen-bond acceptors (Lipinski definition) is 3. The molecule has 0 radical (unpaired) electrons. The number of Topliss-reactive ketones (excluding diaryl/α,β-unsaturated/α-hetero) is 1. The third-order valence-corrected chi connectivity index (χ3v) is 2.64. The fourth-order valence-electron chi connectivity index (χ4n) is 1.26. The highest BCUT2D eigenvalue weighted by molar-refractivity contribution is 9.10. The maximum atomic E-state index is 12.9. The molecule has 2 rings (SSSR count). The molecule has 0 bridgehead atoms. The van der Waals surface area contributed by atoms with Crippen molar-refractivity contribution < 1.29 is 9.18 Å². The fraction of sp³-hybridized carbons (Fsp3) is 0.100. The van der Waals surface area contributed by atoms with Crippen LogP contribution in [0.25, 0.3) is 0 Å². The van der Waals surface area contributed by atoms with Crippen molar-refractivity contribution in [2.45, 2.75) is 6.42 Å². The molecular formula is C10H7BrFN3O. The van der Waals surface area contributed by atoms with Gasteiger partial charge in [-0.15, -0.1) is 0 Å². The lowest BCUT2D eigenvalue weighted by atomic mass is 10.1. The monoisotopic (exact) mass is 283 g/mol. The maximum absolute atomic E-state index is 12.9. The summed E-state index contributed by atoms with van der Waals surface area (Å²) in [5.74, 6) is -0.327. The summed E-state index contributed by atoms with van der Waals surface area (Å²) in [6, 6.07) is 4.45. The molecule has 0 unspecified atom stereocenters. The number of hydrogen-bond donors (Lipinski definition) is 1. The molecule has 1 N–H and O–H groups in total. The number of halogens is 2. The average Bonchev–Trinajstić information content (AvgIpc) is 2.77. The van der Waals surface area contributed by atoms with Crippen molar-refractivity contribution >= 4 is 21.7 Å². The molecule has 4 nitrogen and oxygen atoms in total. The van der Waals surface area contributed by atoms with E-state index in [2.05, 4.69) is 31.1 Å². The number of ketones is 1. The fourth-order valence-corrected chi connectivity index (χ4v) is 1.68. The van der Waals surface area contributed by atoms with E-state index in [9.17, 15) is 9.18 Å². The number of H-pyrrole nitrogens is 1. The van der Waals surface area contributed by atoms with Crippen LogP contribution in [0.3, 0.4) is 0 Å². The molecule has 0 aliphatic heterocycles. The third-order valence-electron chi connectivity index (χ3n) is 2.03. The SMILES string of the molecule is O=C(Cc1ccc(F)c(Br)c1)c1ncn[nH]1. The summed E-state index contributed by atoms with van der Waals surface area (Å²) in [4.78, 5) is 15.4. The van der Waals surface area contributed by atoms with Gasteiger partial charge < -0.3 is 0 Å². The molecule has 1 aromatic heterocycles. The van der Waals surface area contributed by atoms with Crippen molar-refractivity contribution in [3.05, 3.63) is 46.2 Å². The molecule has 0 saturated carbocycles. The second-order valence-corrected chi connectivity index (χ2v) is 4.04. The lowest BCUT2D eigenvalue weighted by Gasteiger charge is -2.00. The van der Waals surface area contributed by atoms with E-state index in [0.717, 1.165) is 5.56 Å². The van der Waals surface area contributed by atoms with Crippen LogP contribution in [-0.2, 0) is 6.42 Å². The predicted molar refractivity (Wildman–Crippen MR) is 58.5 cm³/mol. The van der Waals surface area contributed by atoms with Crippen LogP contribution in [0.4, 0.5) is 4.39 Å². The van der Waals surface area contributed by atoms with Gasteiger partial charge in [-0.1, -0.05) is 6.07 Å². The molecule has 0 aliphatic carbocycles. The Labute approximate surface area is 99.0 Å². The Morgan fingerprint density at radius 1 is 1.50 bits per heavy atom. The van der Waals surface area contributed by atoms with Crippen molar-refractivity contribution in [1.29, 1.82) is 0 Å². The molecule has 6 heteroatoms. The van der Waals surface area contributed by atoms with Gasteiger partial charge in [0.15, 0.2) is 5.82 Å². The molecule has 1 aromatic carbocycles. The van der Waals surface area contributed by atoms with Crippen LogP contribution in [0, 0.1) is 5.82 Å². The second kappa shape index (κ2) is 4.52. The number of nitrogens with one attached hydrogen (secondary N) is 1. The normalized spacial score (nSPS) is 10.4. The van der Waals surface area contributed by atoms with Crippen molar-refractivity contribution in [3.63, 3.8) is 0 Å². The van der Waals surface area contributed by atoms with E-state index in [1.54, 1.807) is 12.1 Å². The molecule has 82 valence electrons. The zero-order valence-corrected chi connectivity index (χ0v) is 9.66. The minimum atomic E-state index is -0.351. The number of aromatic amines is 1. The zero-order valence-electron chi connectivity index (χ0n) is 8.08. The summed E-state index contributed by atoms with van der Waals surface area (Å²) in [7, 11) is 0. The van der Waals surface area contributed by atoms with Crippen LogP contribution in [0.2, 0.25) is 0 Å². The van der Waals surface area contributed by atoms with Gasteiger partial charge in [0.25, 0.3) is 0 Å². The van der Waals surface area contributed by atoms with Gasteiger partial charge in [-0.05, 0) is 33.6 Å². The summed E-state index contributed by atoms with van der Waals surface area (Å²) >= 11 is 3.06. The van der Waals surface area contributed by atoms with Gasteiger partial charge in [0.05, 0.1) is 4.47 Å². The van der Waals surface area contributed by atoms with Crippen LogP contribution in [-0.4, -0.2) is 21.0 Å². The Balaban J connectivity index is 2.15. The topological polar surface area (TPSA) is 58.6 Å². The second-order valence-electron chi connectivity index (χ2n) is 3.18. The van der Waals surface area contributed by atoms with Crippen LogP contribution >= 0.6 is 15.9 Å². The Hall–Kier alpha value is -1.56. The number of rotatable bonds is 3. The van der Waals surface area contributed by atoms with E-state index >= 15 is 0 Å². The van der Waals surface area contributed by atoms with E-state index in [1.807, 2.05) is 0 Å². The van der Waals surface area contributed by atoms with E-state index < -0.39 is 0 Å². The molecule has 0 spiro atoms. The Kier molecular flexibility index (Phi) is 3.09. The number of benzene rings is 1. The molecule has 0 amide bonds. The smallest absolute Gasteiger partial charge is 0.203 e. The van der Waals surface area contributed by atoms with Crippen LogP contribution in [0.1, 0.15) is 16.2 Å². The summed E-state index contributed by atoms with van der Waals surface area (Å²) in [5, 5.41) is 6.08. The summed E-state index contributed by atoms with van der Waals surface area (Å²) in [6.45, 7) is 0. The molecule has 2 aromatic rings. The summed E-state index contributed by atoms with van der Waals surface area (Å²) in [6.07, 6.45) is 1.43. The first-order valence-electron chi connectivity index (χ1n) is 4.49. The lowest BCUT2D eigenvalue weighted by molar-refractivity contribution is 0.0983. The summed E-state index contributed by atoms with van der Waals surface area (Å²) in [5.41, 5.74) is 0.717. The zero-order chi connectivity index (χ0) is 11.5. The Morgan fingerprint density at radius 2 is 2.31 bits per heavy atom. The van der Waals surface area contributed by atoms with Crippen molar-refractivity contribution in [1.82, 2.24) is 15.2 Å². The van der Waals surface area contributed by atoms with E-state index in [1.165, 1.54) is 12.4 Å². The highest BCUT2D eigenvalue weighted by Crippen LogP contribution is 2.17. The predicted octanol–water partition coefficient (Wildman–Crippen LogP) is 2.13. The van der Waals surface area contributed by atoms with Gasteiger partial charge in [0.2, 0.25) is 5.78 Å². The molecule has 1 heterocycles. The molecule has 0 fully saturated rings. The highest BCUT2D eigenvalue weighted by atomic mass is 79.9. The Morgan fingerprint density at radius 3 is 2.94 bits per heavy atom. The summed E-state index contributed by atoms with van der Waals surface area (Å²) < 4.78 is 13.3. The quantitative estimate of drug-likeness (QED) is 0.878. The van der Waals surface area contributed by atoms with Crippen molar-refractivity contribution in [2.24, 2.45) is 0 Å². The van der Waals surface area contributed by atoms with Gasteiger partial charge in [-0.2, -0.15) is 5.10 Å². The number of carbonyl (C=O) groups is 1. The van der Waals surface area contributed by atoms with Gasteiger partial charge in [-0.25, -0.2) is 9.37 Å². The molecule has 0 saturated heterocycles. The average molecular weight is 284 g/mol. The largest absolute Gasteiger partial charge is 0.290 e. The third kappa shape index (κ3) is 2.33. The Bertz CT molecular complexity index is 513. The number of aromatic nitrogens is 3. The first kappa shape index (κ1) is 10.9. The number of carbonyl (C=O) groups excluding carboxylic acids is 1. The van der Waals surface area contributed by atoms with E-state index in [0.29, 0.717) is 4.47 Å². The van der Waals surface area contributed by atoms with Crippen molar-refractivity contribution in [2.75, 3.05) is 0 Å². The number of nitrogens with zero attached hydrogens (tertiary/aromatic N) is 2. The van der Waals surface area contributed by atoms with Gasteiger partial charge in [0.1, 0.15) is 12.1 Å². The van der Waals surface area contributed by atoms with Gasteiger partial charge in [-0.3, -0.25) is 9.89 Å². The molecular weight excluding hydrogens is 277 g/mol. The molecule has 16 heavy (non-hydrogen) atoms. The van der Waals surface area contributed by atoms with Crippen LogP contribution < -0.4 is 0 Å². The maximum Gasteiger partial charge on any atom is 0.203 e. The van der Waals surface area contributed by atoms with Crippen molar-refractivity contribution in [3.8, 4) is 0 Å². The molecule has 0 aliphatic rings. The standard InChI is InChI=1S/C10H7BrFN3O/c11-7-3-6(1-2-8(7)12)4-9(16)10-13-5-14-15-10/h1-3,5H,4H2,(H,13,14,15). The van der Waals surface area contributed by atoms with Gasteiger partial charge >= 0.3 is 0 Å². The van der Waals surface area contributed by atoms with E-state index in [-0.39, 0.29) is 23.8 Å². The van der Waals surface area contributed by atoms with Crippen LogP contribution in [0.5, 0.6) is 0 Å². The highest BCUT2D eigenvalue weighted by Gasteiger charge is 2.10. The first-order valence-corrected chi connectivity index (χ1v) is 5.28. The lowest BCUT2D eigenvalue weighted by Crippen LogP contribution is -2.06. The minimum Gasteiger partial charge on any atom is -0.290 e. The van der Waals surface area contributed by atoms with Crippen LogP contribution in [0.15, 0.2) is 29.0 Å². The first-order chi connectivity index (χ1) is 7.66. The van der Waals surface area contributed by atoms with E-state index in [4.69, 9.17) is 0 Å². The minimum absolute atomic E-state index is 0.161. The van der Waals surface area contributed by atoms with Gasteiger partial charge in [0, 0.05) is 6.42 Å². The molecule has 0 atom stereocenters.